The molecule has 0 radical (unpaired) electrons. The number of amides is 1. The molecule has 148 valence electrons. The van der Waals surface area contributed by atoms with Gasteiger partial charge in [0.1, 0.15) is 12.1 Å². The van der Waals surface area contributed by atoms with Gasteiger partial charge in [-0.2, -0.15) is 0 Å². The van der Waals surface area contributed by atoms with Crippen molar-refractivity contribution in [2.45, 2.75) is 38.5 Å². The van der Waals surface area contributed by atoms with E-state index in [9.17, 15) is 4.79 Å². The lowest BCUT2D eigenvalue weighted by atomic mass is 9.92. The van der Waals surface area contributed by atoms with Crippen LogP contribution < -0.4 is 0 Å². The van der Waals surface area contributed by atoms with Crippen molar-refractivity contribution in [3.8, 4) is 0 Å². The van der Waals surface area contributed by atoms with Crippen molar-refractivity contribution in [2.24, 2.45) is 4.99 Å². The van der Waals surface area contributed by atoms with E-state index in [0.717, 1.165) is 28.6 Å². The zero-order valence-electron chi connectivity index (χ0n) is 16.4. The second kappa shape index (κ2) is 6.92. The predicted molar refractivity (Wildman–Crippen MR) is 115 cm³/mol. The Bertz CT molecular complexity index is 1110. The van der Waals surface area contributed by atoms with Gasteiger partial charge in [-0.05, 0) is 55.2 Å². The fourth-order valence-electron chi connectivity index (χ4n) is 4.16. The van der Waals surface area contributed by atoms with Crippen LogP contribution in [0.3, 0.4) is 0 Å². The summed E-state index contributed by atoms with van der Waals surface area (Å²) in [5.41, 5.74) is 5.50. The van der Waals surface area contributed by atoms with Gasteiger partial charge in [0.2, 0.25) is 0 Å². The first kappa shape index (κ1) is 18.3. The van der Waals surface area contributed by atoms with Gasteiger partial charge in [-0.25, -0.2) is 4.79 Å². The van der Waals surface area contributed by atoms with Crippen LogP contribution in [0.2, 0.25) is 5.02 Å². The van der Waals surface area contributed by atoms with Crippen LogP contribution >= 0.6 is 11.6 Å². The molecule has 0 saturated heterocycles. The summed E-state index contributed by atoms with van der Waals surface area (Å²) in [5, 5.41) is 1.84. The lowest BCUT2D eigenvalue weighted by molar-refractivity contribution is 0.0655. The molecule has 5 nitrogen and oxygen atoms in total. The number of nitrogens with zero attached hydrogens (tertiary/aromatic N) is 2. The van der Waals surface area contributed by atoms with Crippen molar-refractivity contribution < 1.29 is 9.53 Å². The van der Waals surface area contributed by atoms with E-state index in [0.29, 0.717) is 11.6 Å². The zero-order chi connectivity index (χ0) is 20.1. The van der Waals surface area contributed by atoms with Gasteiger partial charge in [-0.3, -0.25) is 9.89 Å². The van der Waals surface area contributed by atoms with Gasteiger partial charge in [-0.15, -0.1) is 0 Å². The van der Waals surface area contributed by atoms with Crippen molar-refractivity contribution in [3.63, 3.8) is 0 Å². The number of aliphatic imine (C=N–C) groups is 1. The summed E-state index contributed by atoms with van der Waals surface area (Å²) in [7, 11) is 0. The molecule has 2 aliphatic heterocycles. The Labute approximate surface area is 174 Å². The number of carbonyl (C=O) groups excluding carboxylic acids is 1. The van der Waals surface area contributed by atoms with Crippen molar-refractivity contribution in [1.82, 2.24) is 9.88 Å². The second-order valence-electron chi connectivity index (χ2n) is 7.90. The summed E-state index contributed by atoms with van der Waals surface area (Å²) in [6.45, 7) is 4.34. The smallest absolute Gasteiger partial charge is 0.410 e. The Balaban J connectivity index is 1.61. The third-order valence-corrected chi connectivity index (χ3v) is 5.79. The molecule has 3 heterocycles. The van der Waals surface area contributed by atoms with E-state index < -0.39 is 0 Å². The predicted octanol–water partition coefficient (Wildman–Crippen LogP) is 5.44. The van der Waals surface area contributed by atoms with Gasteiger partial charge in [0.15, 0.2) is 0 Å². The molecule has 2 unspecified atom stereocenters. The molecule has 5 rings (SSSR count). The van der Waals surface area contributed by atoms with E-state index in [1.54, 1.807) is 0 Å². The monoisotopic (exact) mass is 407 g/mol. The van der Waals surface area contributed by atoms with Gasteiger partial charge in [-0.1, -0.05) is 35.9 Å². The first-order valence-corrected chi connectivity index (χ1v) is 10.3. The fraction of sp³-hybridized carbons (Fsp3) is 0.304. The highest BCUT2D eigenvalue weighted by Crippen LogP contribution is 2.40. The SMILES string of the molecule is CC(C)OC(=O)N1CCc2c([nH]c3ccc(Cl)cc23)C1c1ccc(C2C=N2)cc1. The third kappa shape index (κ3) is 3.29. The van der Waals surface area contributed by atoms with Crippen molar-refractivity contribution in [3.05, 3.63) is 69.9 Å². The first-order chi connectivity index (χ1) is 14.0. The van der Waals surface area contributed by atoms with Crippen LogP contribution in [0.5, 0.6) is 0 Å². The molecule has 0 aliphatic carbocycles. The second-order valence-corrected chi connectivity index (χ2v) is 8.33. The van der Waals surface area contributed by atoms with E-state index >= 15 is 0 Å². The molecule has 1 amide bonds. The number of rotatable bonds is 3. The molecule has 2 atom stereocenters. The molecule has 0 fully saturated rings. The molecular weight excluding hydrogens is 386 g/mol. The number of aromatic nitrogens is 1. The lowest BCUT2D eigenvalue weighted by Crippen LogP contribution is -2.41. The van der Waals surface area contributed by atoms with E-state index in [1.807, 2.05) is 43.2 Å². The topological polar surface area (TPSA) is 57.7 Å². The van der Waals surface area contributed by atoms with Crippen molar-refractivity contribution in [2.75, 3.05) is 6.54 Å². The standard InChI is InChI=1S/C23H22ClN3O2/c1-13(2)29-23(28)27-10-9-17-18-11-16(24)7-8-19(18)26-21(17)22(27)15-5-3-14(4-6-15)20-12-25-20/h3-8,11-13,20,22,26H,9-10H2,1-2H3. The number of hydrogen-bond donors (Lipinski definition) is 1. The minimum Gasteiger partial charge on any atom is -0.447 e. The van der Waals surface area contributed by atoms with Gasteiger partial charge >= 0.3 is 6.09 Å². The molecule has 2 aliphatic rings. The molecule has 1 N–H and O–H groups in total. The van der Waals surface area contributed by atoms with Crippen LogP contribution in [0.25, 0.3) is 10.9 Å². The number of carbonyl (C=O) groups is 1. The highest BCUT2D eigenvalue weighted by molar-refractivity contribution is 6.31. The molecule has 2 aromatic carbocycles. The maximum absolute atomic E-state index is 12.9. The zero-order valence-corrected chi connectivity index (χ0v) is 17.1. The van der Waals surface area contributed by atoms with Crippen molar-refractivity contribution >= 4 is 34.8 Å². The third-order valence-electron chi connectivity index (χ3n) is 5.55. The summed E-state index contributed by atoms with van der Waals surface area (Å²) in [4.78, 5) is 22.5. The van der Waals surface area contributed by atoms with E-state index in [4.69, 9.17) is 16.3 Å². The Morgan fingerprint density at radius 3 is 2.62 bits per heavy atom. The quantitative estimate of drug-likeness (QED) is 0.628. The summed E-state index contributed by atoms with van der Waals surface area (Å²) < 4.78 is 5.55. The molecule has 6 heteroatoms. The van der Waals surface area contributed by atoms with Gasteiger partial charge in [0.05, 0.1) is 6.10 Å². The maximum atomic E-state index is 12.9. The molecule has 0 saturated carbocycles. The highest BCUT2D eigenvalue weighted by Gasteiger charge is 2.36. The molecule has 29 heavy (non-hydrogen) atoms. The summed E-state index contributed by atoms with van der Waals surface area (Å²) in [5.74, 6) is 0. The van der Waals surface area contributed by atoms with Crippen LogP contribution in [0.1, 0.15) is 48.3 Å². The minimum absolute atomic E-state index is 0.166. The Kier molecular flexibility index (Phi) is 4.36. The normalized spacial score (nSPS) is 20.2. The van der Waals surface area contributed by atoms with E-state index in [2.05, 4.69) is 34.2 Å². The number of fused-ring (bicyclic) bond motifs is 3. The number of H-pyrrole nitrogens is 1. The first-order valence-electron chi connectivity index (χ1n) is 9.91. The molecule has 0 bridgehead atoms. The Hall–Kier alpha value is -2.79. The highest BCUT2D eigenvalue weighted by atomic mass is 35.5. The largest absolute Gasteiger partial charge is 0.447 e. The van der Waals surface area contributed by atoms with Gasteiger partial charge in [0.25, 0.3) is 0 Å². The van der Waals surface area contributed by atoms with Crippen LogP contribution in [-0.4, -0.2) is 34.8 Å². The molecule has 3 aromatic rings. The minimum atomic E-state index is -0.290. The number of nitrogens with one attached hydrogen (secondary N) is 1. The lowest BCUT2D eigenvalue weighted by Gasteiger charge is -2.36. The van der Waals surface area contributed by atoms with Crippen LogP contribution in [0.4, 0.5) is 4.79 Å². The fourth-order valence-corrected chi connectivity index (χ4v) is 4.34. The average molecular weight is 408 g/mol. The average Bonchev–Trinajstić information content (AvgIpc) is 3.48. The Morgan fingerprint density at radius 1 is 1.21 bits per heavy atom. The summed E-state index contributed by atoms with van der Waals surface area (Å²) in [6.07, 6.45) is 2.23. The molecule has 1 aromatic heterocycles. The number of ether oxygens (including phenoxy) is 1. The van der Waals surface area contributed by atoms with E-state index in [1.165, 1.54) is 11.1 Å². The number of hydrogen-bond acceptors (Lipinski definition) is 3. The van der Waals surface area contributed by atoms with Gasteiger partial charge in [0, 0.05) is 34.4 Å². The number of aromatic amines is 1. The molecule has 0 spiro atoms. The van der Waals surface area contributed by atoms with Crippen LogP contribution in [0.15, 0.2) is 47.5 Å². The summed E-state index contributed by atoms with van der Waals surface area (Å²) >= 11 is 6.25. The molecular formula is C23H22ClN3O2. The van der Waals surface area contributed by atoms with Crippen LogP contribution in [-0.2, 0) is 11.2 Å². The van der Waals surface area contributed by atoms with Crippen molar-refractivity contribution in [1.29, 1.82) is 0 Å². The number of halogens is 1. The number of benzene rings is 2. The van der Waals surface area contributed by atoms with Crippen LogP contribution in [0, 0.1) is 0 Å². The Morgan fingerprint density at radius 2 is 1.93 bits per heavy atom. The van der Waals surface area contributed by atoms with Gasteiger partial charge < -0.3 is 9.72 Å². The van der Waals surface area contributed by atoms with E-state index in [-0.39, 0.29) is 24.3 Å². The summed E-state index contributed by atoms with van der Waals surface area (Å²) in [6, 6.07) is 14.2. The maximum Gasteiger partial charge on any atom is 0.410 e.